The number of hydrogen-bond donors (Lipinski definition) is 0. The molecule has 0 saturated heterocycles. The van der Waals surface area contributed by atoms with E-state index >= 15 is 0 Å². The molecule has 18 heavy (non-hydrogen) atoms. The van der Waals surface area contributed by atoms with Crippen LogP contribution < -0.4 is 9.64 Å². The number of aromatic nitrogens is 1. The summed E-state index contributed by atoms with van der Waals surface area (Å²) in [4.78, 5) is 17.8. The fourth-order valence-electron chi connectivity index (χ4n) is 1.62. The number of nitrogens with zero attached hydrogens (tertiary/aromatic N) is 2. The van der Waals surface area contributed by atoms with Gasteiger partial charge in [-0.25, -0.2) is 4.98 Å². The van der Waals surface area contributed by atoms with Gasteiger partial charge in [-0.1, -0.05) is 18.2 Å². The van der Waals surface area contributed by atoms with E-state index in [1.54, 1.807) is 30.3 Å². The van der Waals surface area contributed by atoms with Crippen LogP contribution in [0.3, 0.4) is 0 Å². The quantitative estimate of drug-likeness (QED) is 0.829. The molecule has 4 heteroatoms. The number of carbonyl (C=O) groups is 1. The van der Waals surface area contributed by atoms with E-state index in [4.69, 9.17) is 4.74 Å². The topological polar surface area (TPSA) is 42.4 Å². The highest BCUT2D eigenvalue weighted by Gasteiger charge is 2.13. The predicted molar refractivity (Wildman–Crippen MR) is 70.0 cm³/mol. The Kier molecular flexibility index (Phi) is 3.57. The minimum absolute atomic E-state index is 0.0955. The van der Waals surface area contributed by atoms with Crippen LogP contribution in [-0.4, -0.2) is 25.0 Å². The monoisotopic (exact) mass is 242 g/mol. The lowest BCUT2D eigenvalue weighted by atomic mass is 10.2. The van der Waals surface area contributed by atoms with Crippen molar-refractivity contribution in [2.75, 3.05) is 19.1 Å². The molecule has 0 aliphatic rings. The number of pyridine rings is 1. The van der Waals surface area contributed by atoms with Gasteiger partial charge in [0.2, 0.25) is 5.88 Å². The molecule has 0 bridgehead atoms. The summed E-state index contributed by atoms with van der Waals surface area (Å²) in [5, 5.41) is 0. The van der Waals surface area contributed by atoms with Crippen molar-refractivity contribution in [3.63, 3.8) is 0 Å². The number of carbonyl (C=O) groups excluding carboxylic acids is 1. The van der Waals surface area contributed by atoms with E-state index in [2.05, 4.69) is 4.98 Å². The molecule has 0 radical (unpaired) electrons. The largest absolute Gasteiger partial charge is 0.481 e. The molecule has 0 saturated carbocycles. The van der Waals surface area contributed by atoms with Crippen LogP contribution in [0, 0.1) is 0 Å². The molecule has 92 valence electrons. The van der Waals surface area contributed by atoms with Crippen molar-refractivity contribution in [1.82, 2.24) is 4.98 Å². The van der Waals surface area contributed by atoms with E-state index in [0.29, 0.717) is 11.4 Å². The fourth-order valence-corrected chi connectivity index (χ4v) is 1.62. The first-order chi connectivity index (χ1) is 8.72. The maximum atomic E-state index is 12.3. The Morgan fingerprint density at radius 2 is 1.94 bits per heavy atom. The zero-order chi connectivity index (χ0) is 13.0. The highest BCUT2D eigenvalue weighted by atomic mass is 16.5. The van der Waals surface area contributed by atoms with Gasteiger partial charge in [0.15, 0.2) is 0 Å². The Labute approximate surface area is 106 Å². The van der Waals surface area contributed by atoms with Gasteiger partial charge < -0.3 is 9.64 Å². The normalized spacial score (nSPS) is 9.89. The summed E-state index contributed by atoms with van der Waals surface area (Å²) < 4.78 is 5.01. The van der Waals surface area contributed by atoms with Gasteiger partial charge in [-0.2, -0.15) is 0 Å². The maximum Gasteiger partial charge on any atom is 0.258 e. The molecule has 0 spiro atoms. The van der Waals surface area contributed by atoms with E-state index in [9.17, 15) is 4.79 Å². The Balaban J connectivity index is 2.25. The lowest BCUT2D eigenvalue weighted by molar-refractivity contribution is 0.0992. The van der Waals surface area contributed by atoms with Gasteiger partial charge in [0, 0.05) is 30.6 Å². The average Bonchev–Trinajstić information content (AvgIpc) is 2.46. The molecule has 1 aromatic carbocycles. The maximum absolute atomic E-state index is 12.3. The number of benzene rings is 1. The van der Waals surface area contributed by atoms with Crippen molar-refractivity contribution in [3.05, 3.63) is 54.2 Å². The van der Waals surface area contributed by atoms with Gasteiger partial charge in [0.05, 0.1) is 7.11 Å². The highest BCUT2D eigenvalue weighted by molar-refractivity contribution is 6.05. The molecule has 0 N–H and O–H groups in total. The molecule has 1 aromatic heterocycles. The van der Waals surface area contributed by atoms with Gasteiger partial charge in [0.1, 0.15) is 0 Å². The molecule has 4 nitrogen and oxygen atoms in total. The first-order valence-corrected chi connectivity index (χ1v) is 5.55. The van der Waals surface area contributed by atoms with Gasteiger partial charge >= 0.3 is 0 Å². The minimum Gasteiger partial charge on any atom is -0.481 e. The Bertz CT molecular complexity index is 541. The van der Waals surface area contributed by atoms with Crippen molar-refractivity contribution in [3.8, 4) is 5.88 Å². The number of ether oxygens (including phenoxy) is 1. The molecule has 0 unspecified atom stereocenters. The first kappa shape index (κ1) is 12.1. The van der Waals surface area contributed by atoms with Crippen molar-refractivity contribution in [2.45, 2.75) is 0 Å². The van der Waals surface area contributed by atoms with Crippen LogP contribution in [0.1, 0.15) is 10.4 Å². The van der Waals surface area contributed by atoms with Crippen molar-refractivity contribution >= 4 is 11.6 Å². The van der Waals surface area contributed by atoms with Crippen LogP contribution in [0.4, 0.5) is 5.69 Å². The molecular formula is C14H14N2O2. The van der Waals surface area contributed by atoms with Gasteiger partial charge in [-0.05, 0) is 18.2 Å². The summed E-state index contributed by atoms with van der Waals surface area (Å²) in [6.45, 7) is 0. The van der Waals surface area contributed by atoms with Crippen LogP contribution in [0.2, 0.25) is 0 Å². The lowest BCUT2D eigenvalue weighted by Crippen LogP contribution is -2.26. The third-order valence-corrected chi connectivity index (χ3v) is 2.64. The molecule has 2 rings (SSSR count). The third kappa shape index (κ3) is 2.48. The molecule has 0 atom stereocenters. The number of anilines is 1. The zero-order valence-corrected chi connectivity index (χ0v) is 10.3. The number of hydrogen-bond acceptors (Lipinski definition) is 3. The molecule has 0 aliphatic heterocycles. The van der Waals surface area contributed by atoms with E-state index in [-0.39, 0.29) is 5.91 Å². The number of methoxy groups -OCH3 is 1. The van der Waals surface area contributed by atoms with Crippen molar-refractivity contribution < 1.29 is 9.53 Å². The summed E-state index contributed by atoms with van der Waals surface area (Å²) in [5.41, 5.74) is 1.39. The minimum atomic E-state index is -0.0955. The number of para-hydroxylation sites is 1. The average molecular weight is 242 g/mol. The predicted octanol–water partition coefficient (Wildman–Crippen LogP) is 2.37. The van der Waals surface area contributed by atoms with Crippen LogP contribution in [0.15, 0.2) is 48.7 Å². The first-order valence-electron chi connectivity index (χ1n) is 5.55. The Morgan fingerprint density at radius 3 is 2.61 bits per heavy atom. The molecule has 0 fully saturated rings. The summed E-state index contributed by atoms with van der Waals surface area (Å²) in [7, 11) is 3.27. The highest BCUT2D eigenvalue weighted by Crippen LogP contribution is 2.16. The second-order valence-electron chi connectivity index (χ2n) is 3.79. The molecule has 1 amide bonds. The summed E-state index contributed by atoms with van der Waals surface area (Å²) in [6, 6.07) is 12.8. The van der Waals surface area contributed by atoms with Crippen LogP contribution in [0.5, 0.6) is 5.88 Å². The zero-order valence-electron chi connectivity index (χ0n) is 10.3. The standard InChI is InChI=1S/C14H14N2O2/c1-16(12-6-4-3-5-7-12)14(17)11-8-9-15-13(10-11)18-2/h3-10H,1-2H3. The van der Waals surface area contributed by atoms with Gasteiger partial charge in [-0.3, -0.25) is 4.79 Å². The fraction of sp³-hybridized carbons (Fsp3) is 0.143. The smallest absolute Gasteiger partial charge is 0.258 e. The summed E-state index contributed by atoms with van der Waals surface area (Å²) in [5.74, 6) is 0.337. The van der Waals surface area contributed by atoms with Crippen molar-refractivity contribution in [2.24, 2.45) is 0 Å². The lowest BCUT2D eigenvalue weighted by Gasteiger charge is -2.17. The van der Waals surface area contributed by atoms with Gasteiger partial charge in [-0.15, -0.1) is 0 Å². The third-order valence-electron chi connectivity index (χ3n) is 2.64. The second kappa shape index (κ2) is 5.31. The second-order valence-corrected chi connectivity index (χ2v) is 3.79. The van der Waals surface area contributed by atoms with Gasteiger partial charge in [0.25, 0.3) is 5.91 Å². The Hall–Kier alpha value is -2.36. The van der Waals surface area contributed by atoms with Crippen molar-refractivity contribution in [1.29, 1.82) is 0 Å². The molecule has 1 heterocycles. The molecule has 2 aromatic rings. The number of rotatable bonds is 3. The summed E-state index contributed by atoms with van der Waals surface area (Å²) >= 11 is 0. The molecular weight excluding hydrogens is 228 g/mol. The SMILES string of the molecule is COc1cc(C(=O)N(C)c2ccccc2)ccn1. The van der Waals surface area contributed by atoms with Crippen LogP contribution >= 0.6 is 0 Å². The Morgan fingerprint density at radius 1 is 1.22 bits per heavy atom. The molecule has 0 aliphatic carbocycles. The van der Waals surface area contributed by atoms with Crippen LogP contribution in [0.25, 0.3) is 0 Å². The van der Waals surface area contributed by atoms with E-state index in [1.807, 2.05) is 30.3 Å². The van der Waals surface area contributed by atoms with E-state index in [0.717, 1.165) is 5.69 Å². The van der Waals surface area contributed by atoms with E-state index < -0.39 is 0 Å². The number of amides is 1. The van der Waals surface area contributed by atoms with E-state index in [1.165, 1.54) is 7.11 Å². The summed E-state index contributed by atoms with van der Waals surface area (Å²) in [6.07, 6.45) is 1.56. The van der Waals surface area contributed by atoms with Crippen LogP contribution in [-0.2, 0) is 0 Å².